The Balaban J connectivity index is 1.76. The number of amides is 2. The molecule has 0 spiro atoms. The molecule has 3 aromatic carbocycles. The largest absolute Gasteiger partial charge is 0.354 e. The molecular formula is C29H32Cl2N2O2S. The molecular weight excluding hydrogens is 511 g/mol. The second-order valence-corrected chi connectivity index (χ2v) is 10.6. The number of nitrogens with one attached hydrogen (secondary N) is 1. The highest BCUT2D eigenvalue weighted by molar-refractivity contribution is 7.99. The van der Waals surface area contributed by atoms with Gasteiger partial charge in [0.05, 0.1) is 0 Å². The number of hydrogen-bond acceptors (Lipinski definition) is 3. The molecule has 190 valence electrons. The second-order valence-electron chi connectivity index (χ2n) is 8.55. The van der Waals surface area contributed by atoms with Crippen LogP contribution in [0.3, 0.4) is 0 Å². The third-order valence-corrected chi connectivity index (χ3v) is 7.31. The van der Waals surface area contributed by atoms with Crippen LogP contribution in [0.4, 0.5) is 0 Å². The number of nitrogens with zero attached hydrogens (tertiary/aromatic N) is 1. The standard InChI is InChI=1S/C29H32Cl2N2O2S/c1-2-18-32-29(35)27(20-22-7-4-3-5-8-22)33(21-23-10-12-24(30)13-11-23)28(34)9-6-19-36-26-16-14-25(31)15-17-26/h3-5,7-8,10-17,27H,2,6,9,18-21H2,1H3,(H,32,35)/t27-/m1/s1. The van der Waals surface area contributed by atoms with Gasteiger partial charge in [-0.2, -0.15) is 0 Å². The molecule has 0 radical (unpaired) electrons. The molecule has 3 rings (SSSR count). The normalized spacial score (nSPS) is 11.6. The van der Waals surface area contributed by atoms with Gasteiger partial charge in [0, 0.05) is 40.9 Å². The van der Waals surface area contributed by atoms with Gasteiger partial charge in [0.2, 0.25) is 11.8 Å². The third-order valence-electron chi connectivity index (χ3n) is 5.70. The predicted molar refractivity (Wildman–Crippen MR) is 151 cm³/mol. The van der Waals surface area contributed by atoms with E-state index < -0.39 is 6.04 Å². The van der Waals surface area contributed by atoms with Crippen LogP contribution in [0.25, 0.3) is 0 Å². The SMILES string of the molecule is CCCNC(=O)[C@@H](Cc1ccccc1)N(Cc1ccc(Cl)cc1)C(=O)CCCSc1ccc(Cl)cc1. The molecule has 1 N–H and O–H groups in total. The van der Waals surface area contributed by atoms with Gasteiger partial charge in [-0.15, -0.1) is 11.8 Å². The van der Waals surface area contributed by atoms with Crippen molar-refractivity contribution < 1.29 is 9.59 Å². The first kappa shape index (κ1) is 28.1. The Morgan fingerprint density at radius 1 is 0.889 bits per heavy atom. The highest BCUT2D eigenvalue weighted by Crippen LogP contribution is 2.23. The molecule has 2 amide bonds. The summed E-state index contributed by atoms with van der Waals surface area (Å²) in [7, 11) is 0. The van der Waals surface area contributed by atoms with Crippen LogP contribution in [0, 0.1) is 0 Å². The topological polar surface area (TPSA) is 49.4 Å². The summed E-state index contributed by atoms with van der Waals surface area (Å²) in [5, 5.41) is 4.35. The lowest BCUT2D eigenvalue weighted by Crippen LogP contribution is -2.50. The summed E-state index contributed by atoms with van der Waals surface area (Å²) in [6, 6.07) is 24.4. The van der Waals surface area contributed by atoms with E-state index in [0.717, 1.165) is 28.2 Å². The Hall–Kier alpha value is -2.47. The van der Waals surface area contributed by atoms with Gasteiger partial charge in [0.15, 0.2) is 0 Å². The van der Waals surface area contributed by atoms with Crippen LogP contribution >= 0.6 is 35.0 Å². The Morgan fingerprint density at radius 2 is 1.53 bits per heavy atom. The summed E-state index contributed by atoms with van der Waals surface area (Å²) in [5.41, 5.74) is 1.95. The number of thioether (sulfide) groups is 1. The molecule has 1 atom stereocenters. The van der Waals surface area contributed by atoms with E-state index in [9.17, 15) is 9.59 Å². The minimum atomic E-state index is -0.606. The summed E-state index contributed by atoms with van der Waals surface area (Å²) in [6.45, 7) is 2.93. The molecule has 0 saturated heterocycles. The van der Waals surface area contributed by atoms with Crippen molar-refractivity contribution in [1.29, 1.82) is 0 Å². The summed E-state index contributed by atoms with van der Waals surface area (Å²) in [5.74, 6) is 0.640. The van der Waals surface area contributed by atoms with Gasteiger partial charge in [-0.05, 0) is 66.1 Å². The van der Waals surface area contributed by atoms with Gasteiger partial charge in [-0.3, -0.25) is 9.59 Å². The molecule has 7 heteroatoms. The summed E-state index contributed by atoms with van der Waals surface area (Å²) >= 11 is 13.7. The predicted octanol–water partition coefficient (Wildman–Crippen LogP) is 7.03. The van der Waals surface area contributed by atoms with Gasteiger partial charge in [0.25, 0.3) is 0 Å². The van der Waals surface area contributed by atoms with E-state index in [0.29, 0.717) is 42.4 Å². The first-order valence-electron chi connectivity index (χ1n) is 12.2. The molecule has 4 nitrogen and oxygen atoms in total. The molecule has 0 aromatic heterocycles. The number of carbonyl (C=O) groups excluding carboxylic acids is 2. The zero-order chi connectivity index (χ0) is 25.8. The Labute approximate surface area is 228 Å². The zero-order valence-electron chi connectivity index (χ0n) is 20.5. The maximum Gasteiger partial charge on any atom is 0.243 e. The lowest BCUT2D eigenvalue weighted by atomic mass is 10.0. The summed E-state index contributed by atoms with van der Waals surface area (Å²) in [6.07, 6.45) is 2.35. The van der Waals surface area contributed by atoms with Crippen LogP contribution in [0.1, 0.15) is 37.3 Å². The van der Waals surface area contributed by atoms with Crippen molar-refractivity contribution in [1.82, 2.24) is 10.2 Å². The molecule has 36 heavy (non-hydrogen) atoms. The molecule has 0 bridgehead atoms. The third kappa shape index (κ3) is 9.20. The van der Waals surface area contributed by atoms with Gasteiger partial charge in [0.1, 0.15) is 6.04 Å². The van der Waals surface area contributed by atoms with Crippen LogP contribution < -0.4 is 5.32 Å². The van der Waals surface area contributed by atoms with Crippen molar-refractivity contribution in [2.24, 2.45) is 0 Å². The van der Waals surface area contributed by atoms with Crippen LogP contribution in [-0.4, -0.2) is 35.1 Å². The van der Waals surface area contributed by atoms with Crippen molar-refractivity contribution in [2.75, 3.05) is 12.3 Å². The highest BCUT2D eigenvalue weighted by Gasteiger charge is 2.29. The lowest BCUT2D eigenvalue weighted by molar-refractivity contribution is -0.141. The molecule has 0 heterocycles. The van der Waals surface area contributed by atoms with Crippen LogP contribution in [0.15, 0.2) is 83.8 Å². The Morgan fingerprint density at radius 3 is 2.17 bits per heavy atom. The van der Waals surface area contributed by atoms with Crippen molar-refractivity contribution >= 4 is 46.8 Å². The minimum absolute atomic E-state index is 0.0331. The zero-order valence-corrected chi connectivity index (χ0v) is 22.8. The molecule has 0 unspecified atom stereocenters. The Kier molecular flexibility index (Phi) is 11.7. The summed E-state index contributed by atoms with van der Waals surface area (Å²) in [4.78, 5) is 29.7. The van der Waals surface area contributed by atoms with E-state index in [1.54, 1.807) is 16.7 Å². The van der Waals surface area contributed by atoms with Crippen LogP contribution in [0.5, 0.6) is 0 Å². The van der Waals surface area contributed by atoms with E-state index >= 15 is 0 Å². The average Bonchev–Trinajstić information content (AvgIpc) is 2.89. The van der Waals surface area contributed by atoms with Crippen LogP contribution in [-0.2, 0) is 22.6 Å². The fourth-order valence-electron chi connectivity index (χ4n) is 3.79. The van der Waals surface area contributed by atoms with Crippen molar-refractivity contribution in [2.45, 2.75) is 50.1 Å². The Bertz CT molecular complexity index is 1090. The van der Waals surface area contributed by atoms with Crippen molar-refractivity contribution in [3.05, 3.63) is 100 Å². The van der Waals surface area contributed by atoms with Gasteiger partial charge < -0.3 is 10.2 Å². The fraction of sp³-hybridized carbons (Fsp3) is 0.310. The second kappa shape index (κ2) is 14.9. The van der Waals surface area contributed by atoms with Crippen molar-refractivity contribution in [3.63, 3.8) is 0 Å². The lowest BCUT2D eigenvalue weighted by Gasteiger charge is -2.31. The van der Waals surface area contributed by atoms with E-state index in [2.05, 4.69) is 5.32 Å². The van der Waals surface area contributed by atoms with E-state index in [4.69, 9.17) is 23.2 Å². The smallest absolute Gasteiger partial charge is 0.243 e. The number of benzene rings is 3. The first-order chi connectivity index (χ1) is 17.5. The van der Waals surface area contributed by atoms with Gasteiger partial charge >= 0.3 is 0 Å². The first-order valence-corrected chi connectivity index (χ1v) is 13.9. The highest BCUT2D eigenvalue weighted by atomic mass is 35.5. The molecule has 0 aliphatic heterocycles. The van der Waals surface area contributed by atoms with Crippen LogP contribution in [0.2, 0.25) is 10.0 Å². The van der Waals surface area contributed by atoms with Gasteiger partial charge in [-0.1, -0.05) is 72.6 Å². The number of rotatable bonds is 13. The maximum absolute atomic E-state index is 13.6. The molecule has 0 saturated carbocycles. The minimum Gasteiger partial charge on any atom is -0.354 e. The molecule has 0 aliphatic carbocycles. The molecule has 0 aliphatic rings. The fourth-order valence-corrected chi connectivity index (χ4v) is 4.90. The molecule has 3 aromatic rings. The monoisotopic (exact) mass is 542 g/mol. The quantitative estimate of drug-likeness (QED) is 0.186. The molecule has 0 fully saturated rings. The van der Waals surface area contributed by atoms with E-state index in [1.807, 2.05) is 85.8 Å². The van der Waals surface area contributed by atoms with E-state index in [1.165, 1.54) is 0 Å². The van der Waals surface area contributed by atoms with E-state index in [-0.39, 0.29) is 11.8 Å². The van der Waals surface area contributed by atoms with Crippen molar-refractivity contribution in [3.8, 4) is 0 Å². The number of carbonyl (C=O) groups is 2. The summed E-state index contributed by atoms with van der Waals surface area (Å²) < 4.78 is 0. The number of hydrogen-bond donors (Lipinski definition) is 1. The van der Waals surface area contributed by atoms with Gasteiger partial charge in [-0.25, -0.2) is 0 Å². The maximum atomic E-state index is 13.6. The number of halogens is 2. The average molecular weight is 544 g/mol.